The second-order valence-electron chi connectivity index (χ2n) is 5.46. The van der Waals surface area contributed by atoms with Gasteiger partial charge in [-0.25, -0.2) is 0 Å². The highest BCUT2D eigenvalue weighted by atomic mass is 32.2. The van der Waals surface area contributed by atoms with Crippen LogP contribution in [0.5, 0.6) is 0 Å². The molecule has 8 heteroatoms. The molecule has 0 aromatic heterocycles. The summed E-state index contributed by atoms with van der Waals surface area (Å²) in [5, 5.41) is 11.9. The molecule has 2 fully saturated rings. The second-order valence-corrected chi connectivity index (χ2v) is 7.53. The summed E-state index contributed by atoms with van der Waals surface area (Å²) in [6, 6.07) is 8.88. The molecule has 0 unspecified atom stereocenters. The van der Waals surface area contributed by atoms with Crippen LogP contribution in [0.3, 0.4) is 0 Å². The molecule has 0 bridgehead atoms. The molecule has 6 nitrogen and oxygen atoms in total. The van der Waals surface area contributed by atoms with E-state index >= 15 is 0 Å². The van der Waals surface area contributed by atoms with E-state index in [2.05, 4.69) is 5.32 Å². The lowest BCUT2D eigenvalue weighted by Crippen LogP contribution is -2.47. The molecule has 126 valence electrons. The number of nitrogens with one attached hydrogen (secondary N) is 1. The number of rotatable bonds is 4. The van der Waals surface area contributed by atoms with Crippen molar-refractivity contribution in [2.24, 2.45) is 0 Å². The molecule has 0 radical (unpaired) electrons. The second kappa shape index (κ2) is 7.42. The molecule has 2 aliphatic rings. The number of carbonyl (C=O) groups is 3. The van der Waals surface area contributed by atoms with Gasteiger partial charge in [0.15, 0.2) is 0 Å². The minimum Gasteiger partial charge on any atom is -0.390 e. The molecular weight excluding hydrogens is 348 g/mol. The fourth-order valence-electron chi connectivity index (χ4n) is 2.41. The number of aliphatic hydroxyl groups excluding tert-OH is 1. The summed E-state index contributed by atoms with van der Waals surface area (Å²) in [6.45, 7) is -0.329. The summed E-state index contributed by atoms with van der Waals surface area (Å²) in [5.74, 6) is 0.296. The molecule has 0 saturated carbocycles. The summed E-state index contributed by atoms with van der Waals surface area (Å²) in [4.78, 5) is 37.6. The van der Waals surface area contributed by atoms with Gasteiger partial charge in [-0.1, -0.05) is 30.3 Å². The maximum absolute atomic E-state index is 12.3. The molecule has 1 aromatic rings. The van der Waals surface area contributed by atoms with Gasteiger partial charge in [-0.3, -0.25) is 19.3 Å². The van der Waals surface area contributed by atoms with E-state index in [4.69, 9.17) is 0 Å². The topological polar surface area (TPSA) is 86.7 Å². The summed E-state index contributed by atoms with van der Waals surface area (Å²) in [6.07, 6.45) is 1.05. The average molecular weight is 364 g/mol. The molecular formula is C16H16N2O4S2. The Bertz CT molecular complexity index is 693. The van der Waals surface area contributed by atoms with Crippen molar-refractivity contribution >= 4 is 46.7 Å². The number of aliphatic hydroxyl groups is 1. The smallest absolute Gasteiger partial charge is 0.294 e. The van der Waals surface area contributed by atoms with Crippen LogP contribution in [0, 0.1) is 0 Å². The standard InChI is InChI=1S/C16H16N2O4S2/c19-12-9-23-8-11(12)17-14(20)7-18-15(21)13(24-16(18)22)6-10-4-2-1-3-5-10/h1-6,11-12,19H,7-9H2,(H,17,20)/b13-6-/t11-,12-/m1/s1. The zero-order valence-corrected chi connectivity index (χ0v) is 14.3. The first-order valence-corrected chi connectivity index (χ1v) is 9.37. The van der Waals surface area contributed by atoms with E-state index in [0.717, 1.165) is 22.2 Å². The van der Waals surface area contributed by atoms with Crippen LogP contribution in [0.15, 0.2) is 35.2 Å². The fourth-order valence-corrected chi connectivity index (χ4v) is 4.42. The predicted octanol–water partition coefficient (Wildman–Crippen LogP) is 1.32. The van der Waals surface area contributed by atoms with Crippen LogP contribution in [0.2, 0.25) is 0 Å². The number of imide groups is 1. The van der Waals surface area contributed by atoms with Crippen LogP contribution in [0.25, 0.3) is 6.08 Å². The Morgan fingerprint density at radius 3 is 2.71 bits per heavy atom. The monoisotopic (exact) mass is 364 g/mol. The number of nitrogens with zero attached hydrogens (tertiary/aromatic N) is 1. The number of hydrogen-bond acceptors (Lipinski definition) is 6. The van der Waals surface area contributed by atoms with Crippen LogP contribution < -0.4 is 5.32 Å². The lowest BCUT2D eigenvalue weighted by atomic mass is 10.2. The van der Waals surface area contributed by atoms with E-state index in [-0.39, 0.29) is 12.6 Å². The molecule has 3 rings (SSSR count). The van der Waals surface area contributed by atoms with E-state index in [1.54, 1.807) is 17.8 Å². The summed E-state index contributed by atoms with van der Waals surface area (Å²) >= 11 is 2.38. The van der Waals surface area contributed by atoms with Gasteiger partial charge in [0.2, 0.25) is 5.91 Å². The van der Waals surface area contributed by atoms with Crippen LogP contribution in [-0.2, 0) is 9.59 Å². The quantitative estimate of drug-likeness (QED) is 0.784. The molecule has 2 atom stereocenters. The summed E-state index contributed by atoms with van der Waals surface area (Å²) in [7, 11) is 0. The zero-order valence-electron chi connectivity index (χ0n) is 12.7. The Balaban J connectivity index is 1.64. The molecule has 2 heterocycles. The van der Waals surface area contributed by atoms with Gasteiger partial charge in [-0.2, -0.15) is 11.8 Å². The number of carbonyl (C=O) groups excluding carboxylic acids is 3. The van der Waals surface area contributed by atoms with Gasteiger partial charge in [-0.05, 0) is 23.4 Å². The first kappa shape index (κ1) is 17.1. The van der Waals surface area contributed by atoms with Crippen LogP contribution in [0.1, 0.15) is 5.56 Å². The molecule has 2 N–H and O–H groups in total. The first-order chi connectivity index (χ1) is 11.5. The normalized spacial score (nSPS) is 25.5. The Hall–Kier alpha value is -1.77. The van der Waals surface area contributed by atoms with E-state index in [1.807, 2.05) is 30.3 Å². The minimum absolute atomic E-state index is 0.301. The lowest BCUT2D eigenvalue weighted by molar-refractivity contribution is -0.129. The fraction of sp³-hybridized carbons (Fsp3) is 0.312. The van der Waals surface area contributed by atoms with E-state index < -0.39 is 23.2 Å². The van der Waals surface area contributed by atoms with E-state index in [1.165, 1.54) is 0 Å². The SMILES string of the molecule is O=C(CN1C(=O)S/C(=C\c2ccccc2)C1=O)N[C@@H]1CSC[C@H]1O. The van der Waals surface area contributed by atoms with Gasteiger partial charge in [0, 0.05) is 11.5 Å². The summed E-state index contributed by atoms with van der Waals surface area (Å²) < 4.78 is 0. The highest BCUT2D eigenvalue weighted by Crippen LogP contribution is 2.32. The maximum atomic E-state index is 12.3. The van der Waals surface area contributed by atoms with Gasteiger partial charge < -0.3 is 10.4 Å². The van der Waals surface area contributed by atoms with E-state index in [9.17, 15) is 19.5 Å². The Morgan fingerprint density at radius 2 is 2.04 bits per heavy atom. The highest BCUT2D eigenvalue weighted by Gasteiger charge is 2.37. The predicted molar refractivity (Wildman–Crippen MR) is 94.4 cm³/mol. The van der Waals surface area contributed by atoms with Crippen molar-refractivity contribution in [3.05, 3.63) is 40.8 Å². The maximum Gasteiger partial charge on any atom is 0.294 e. The highest BCUT2D eigenvalue weighted by molar-refractivity contribution is 8.18. The molecule has 24 heavy (non-hydrogen) atoms. The van der Waals surface area contributed by atoms with Crippen molar-refractivity contribution in [3.63, 3.8) is 0 Å². The minimum atomic E-state index is -0.591. The van der Waals surface area contributed by atoms with Crippen LogP contribution >= 0.6 is 23.5 Å². The third-order valence-electron chi connectivity index (χ3n) is 3.67. The number of amides is 3. The molecule has 0 aliphatic carbocycles. The molecule has 2 aliphatic heterocycles. The molecule has 1 aromatic carbocycles. The Morgan fingerprint density at radius 1 is 1.29 bits per heavy atom. The van der Waals surface area contributed by atoms with Crippen molar-refractivity contribution in [2.45, 2.75) is 12.1 Å². The van der Waals surface area contributed by atoms with Crippen molar-refractivity contribution in [3.8, 4) is 0 Å². The number of thioether (sulfide) groups is 2. The Kier molecular flexibility index (Phi) is 5.27. The van der Waals surface area contributed by atoms with Crippen molar-refractivity contribution in [2.75, 3.05) is 18.1 Å². The number of benzene rings is 1. The van der Waals surface area contributed by atoms with Crippen molar-refractivity contribution < 1.29 is 19.5 Å². The van der Waals surface area contributed by atoms with Gasteiger partial charge >= 0.3 is 0 Å². The van der Waals surface area contributed by atoms with Gasteiger partial charge in [0.25, 0.3) is 11.1 Å². The van der Waals surface area contributed by atoms with Crippen LogP contribution in [0.4, 0.5) is 4.79 Å². The van der Waals surface area contributed by atoms with Gasteiger partial charge in [-0.15, -0.1) is 0 Å². The molecule has 2 saturated heterocycles. The average Bonchev–Trinajstić information content (AvgIpc) is 3.07. The first-order valence-electron chi connectivity index (χ1n) is 7.40. The van der Waals surface area contributed by atoms with Crippen molar-refractivity contribution in [1.29, 1.82) is 0 Å². The molecule has 3 amide bonds. The van der Waals surface area contributed by atoms with E-state index in [0.29, 0.717) is 16.4 Å². The van der Waals surface area contributed by atoms with Crippen molar-refractivity contribution in [1.82, 2.24) is 10.2 Å². The molecule has 0 spiro atoms. The number of hydrogen-bond donors (Lipinski definition) is 2. The van der Waals surface area contributed by atoms with Crippen LogP contribution in [-0.4, -0.2) is 57.3 Å². The largest absolute Gasteiger partial charge is 0.390 e. The third-order valence-corrected chi connectivity index (χ3v) is 5.75. The zero-order chi connectivity index (χ0) is 17.1. The van der Waals surface area contributed by atoms with Gasteiger partial charge in [0.05, 0.1) is 17.1 Å². The summed E-state index contributed by atoms with van der Waals surface area (Å²) in [5.41, 5.74) is 0.818. The van der Waals surface area contributed by atoms with Gasteiger partial charge in [0.1, 0.15) is 6.54 Å². The lowest BCUT2D eigenvalue weighted by Gasteiger charge is -2.18. The third kappa shape index (κ3) is 3.82. The Labute approximate surface area is 147 Å².